The molecule has 1 nitrogen and oxygen atoms in total. The number of rotatable bonds is 8. The maximum atomic E-state index is 13.7. The van der Waals surface area contributed by atoms with Crippen LogP contribution in [-0.2, 0) is 6.42 Å². The summed E-state index contributed by atoms with van der Waals surface area (Å²) in [5, 5.41) is 3.57. The Morgan fingerprint density at radius 1 is 1.39 bits per heavy atom. The average molecular weight is 267 g/mol. The van der Waals surface area contributed by atoms with Crippen LogP contribution in [0.4, 0.5) is 4.39 Å². The van der Waals surface area contributed by atoms with E-state index in [1.165, 1.54) is 12.8 Å². The van der Waals surface area contributed by atoms with Crippen molar-refractivity contribution >= 4 is 11.8 Å². The molecule has 2 rings (SSSR count). The minimum absolute atomic E-state index is 0.0573. The van der Waals surface area contributed by atoms with Crippen molar-refractivity contribution < 1.29 is 4.39 Å². The molecule has 100 valence electrons. The van der Waals surface area contributed by atoms with Crippen LogP contribution in [0.15, 0.2) is 24.3 Å². The second-order valence-electron chi connectivity index (χ2n) is 5.13. The number of hydrogen-bond acceptors (Lipinski definition) is 2. The summed E-state index contributed by atoms with van der Waals surface area (Å²) in [7, 11) is 0. The van der Waals surface area contributed by atoms with E-state index in [2.05, 4.69) is 11.6 Å². The van der Waals surface area contributed by atoms with Gasteiger partial charge in [-0.05, 0) is 61.8 Å². The molecule has 1 atom stereocenters. The number of hydrogen-bond donors (Lipinski definition) is 1. The number of nitrogens with one attached hydrogen (secondary N) is 1. The predicted molar refractivity (Wildman–Crippen MR) is 77.6 cm³/mol. The van der Waals surface area contributed by atoms with Crippen LogP contribution in [0.25, 0.3) is 0 Å². The summed E-state index contributed by atoms with van der Waals surface area (Å²) in [6.07, 6.45) is 6.78. The molecule has 0 amide bonds. The lowest BCUT2D eigenvalue weighted by molar-refractivity contribution is 0.452. The van der Waals surface area contributed by atoms with Gasteiger partial charge in [0.2, 0.25) is 0 Å². The van der Waals surface area contributed by atoms with Gasteiger partial charge in [-0.1, -0.05) is 18.2 Å². The first kappa shape index (κ1) is 13.9. The van der Waals surface area contributed by atoms with Crippen molar-refractivity contribution in [3.63, 3.8) is 0 Å². The zero-order chi connectivity index (χ0) is 12.8. The summed E-state index contributed by atoms with van der Waals surface area (Å²) in [5.41, 5.74) is 0.862. The monoisotopic (exact) mass is 267 g/mol. The minimum atomic E-state index is -0.0573. The van der Waals surface area contributed by atoms with Gasteiger partial charge in [0, 0.05) is 6.04 Å². The minimum Gasteiger partial charge on any atom is -0.314 e. The maximum Gasteiger partial charge on any atom is 0.126 e. The molecular weight excluding hydrogens is 245 g/mol. The first-order chi connectivity index (χ1) is 8.79. The van der Waals surface area contributed by atoms with Gasteiger partial charge in [0.15, 0.2) is 0 Å². The summed E-state index contributed by atoms with van der Waals surface area (Å²) in [6, 6.07) is 7.91. The molecule has 0 radical (unpaired) electrons. The molecule has 0 heterocycles. The van der Waals surface area contributed by atoms with Gasteiger partial charge < -0.3 is 5.32 Å². The van der Waals surface area contributed by atoms with Crippen LogP contribution in [0.1, 0.15) is 24.8 Å². The fourth-order valence-corrected chi connectivity index (χ4v) is 2.73. The zero-order valence-electron chi connectivity index (χ0n) is 11.0. The van der Waals surface area contributed by atoms with Crippen molar-refractivity contribution in [2.45, 2.75) is 31.7 Å². The SMILES string of the molecule is CSCCC(CNC1CC1)Cc1ccccc1F. The molecule has 1 aromatic rings. The van der Waals surface area contributed by atoms with Crippen LogP contribution in [0, 0.1) is 11.7 Å². The summed E-state index contributed by atoms with van der Waals surface area (Å²) < 4.78 is 13.7. The van der Waals surface area contributed by atoms with E-state index in [4.69, 9.17) is 0 Å². The van der Waals surface area contributed by atoms with Crippen molar-refractivity contribution in [2.24, 2.45) is 5.92 Å². The predicted octanol–water partition coefficient (Wildman–Crippen LogP) is 3.49. The molecule has 0 spiro atoms. The van der Waals surface area contributed by atoms with Gasteiger partial charge in [-0.15, -0.1) is 0 Å². The van der Waals surface area contributed by atoms with Gasteiger partial charge in [0.05, 0.1) is 0 Å². The Balaban J connectivity index is 1.87. The highest BCUT2D eigenvalue weighted by molar-refractivity contribution is 7.98. The Kier molecular flexibility index (Phi) is 5.51. The molecule has 0 saturated heterocycles. The number of thioether (sulfide) groups is 1. The van der Waals surface area contributed by atoms with Gasteiger partial charge in [-0.25, -0.2) is 4.39 Å². The van der Waals surface area contributed by atoms with E-state index in [1.807, 2.05) is 23.9 Å². The molecule has 3 heteroatoms. The van der Waals surface area contributed by atoms with Crippen molar-refractivity contribution in [1.29, 1.82) is 0 Å². The Morgan fingerprint density at radius 3 is 2.83 bits per heavy atom. The molecule has 1 aliphatic carbocycles. The van der Waals surface area contributed by atoms with E-state index in [1.54, 1.807) is 12.1 Å². The van der Waals surface area contributed by atoms with Crippen LogP contribution in [0.5, 0.6) is 0 Å². The van der Waals surface area contributed by atoms with Gasteiger partial charge >= 0.3 is 0 Å². The fourth-order valence-electron chi connectivity index (χ4n) is 2.16. The summed E-state index contributed by atoms with van der Waals surface area (Å²) >= 11 is 1.87. The number of benzene rings is 1. The lowest BCUT2D eigenvalue weighted by atomic mass is 9.96. The Hall–Kier alpha value is -0.540. The van der Waals surface area contributed by atoms with Crippen LogP contribution < -0.4 is 5.32 Å². The largest absolute Gasteiger partial charge is 0.314 e. The molecule has 1 unspecified atom stereocenters. The van der Waals surface area contributed by atoms with Gasteiger partial charge in [0.25, 0.3) is 0 Å². The smallest absolute Gasteiger partial charge is 0.126 e. The third kappa shape index (κ3) is 4.62. The highest BCUT2D eigenvalue weighted by atomic mass is 32.2. The third-order valence-corrected chi connectivity index (χ3v) is 4.11. The molecular formula is C15H22FNS. The molecule has 1 N–H and O–H groups in total. The Labute approximate surface area is 114 Å². The standard InChI is InChI=1S/C15H22FNS/c1-18-9-8-12(11-17-14-6-7-14)10-13-4-2-3-5-15(13)16/h2-5,12,14,17H,6-11H2,1H3. The average Bonchev–Trinajstić information content (AvgIpc) is 3.19. The molecule has 1 aromatic carbocycles. The van der Waals surface area contributed by atoms with Gasteiger partial charge in [-0.3, -0.25) is 0 Å². The van der Waals surface area contributed by atoms with Crippen molar-refractivity contribution in [1.82, 2.24) is 5.32 Å². The first-order valence-electron chi connectivity index (χ1n) is 6.75. The zero-order valence-corrected chi connectivity index (χ0v) is 11.8. The summed E-state index contributed by atoms with van der Waals surface area (Å²) in [6.45, 7) is 1.03. The lowest BCUT2D eigenvalue weighted by Gasteiger charge is -2.17. The fraction of sp³-hybridized carbons (Fsp3) is 0.600. The van der Waals surface area contributed by atoms with Crippen molar-refractivity contribution in [2.75, 3.05) is 18.6 Å². The highest BCUT2D eigenvalue weighted by Gasteiger charge is 2.22. The first-order valence-corrected chi connectivity index (χ1v) is 8.14. The quantitative estimate of drug-likeness (QED) is 0.774. The maximum absolute atomic E-state index is 13.7. The van der Waals surface area contributed by atoms with Crippen LogP contribution in [0.3, 0.4) is 0 Å². The number of halogens is 1. The molecule has 0 aromatic heterocycles. The van der Waals surface area contributed by atoms with Gasteiger partial charge in [0.1, 0.15) is 5.82 Å². The van der Waals surface area contributed by atoms with E-state index < -0.39 is 0 Å². The van der Waals surface area contributed by atoms with E-state index in [9.17, 15) is 4.39 Å². The van der Waals surface area contributed by atoms with E-state index in [0.717, 1.165) is 36.7 Å². The molecule has 0 aliphatic heterocycles. The molecule has 1 saturated carbocycles. The van der Waals surface area contributed by atoms with Crippen molar-refractivity contribution in [3.05, 3.63) is 35.6 Å². The highest BCUT2D eigenvalue weighted by Crippen LogP contribution is 2.21. The second-order valence-corrected chi connectivity index (χ2v) is 6.11. The van der Waals surface area contributed by atoms with Crippen LogP contribution in [-0.4, -0.2) is 24.6 Å². The lowest BCUT2D eigenvalue weighted by Crippen LogP contribution is -2.26. The van der Waals surface area contributed by atoms with Gasteiger partial charge in [-0.2, -0.15) is 11.8 Å². The van der Waals surface area contributed by atoms with E-state index in [-0.39, 0.29) is 5.82 Å². The second kappa shape index (κ2) is 7.15. The van der Waals surface area contributed by atoms with Crippen molar-refractivity contribution in [3.8, 4) is 0 Å². The molecule has 0 bridgehead atoms. The van der Waals surface area contributed by atoms with Crippen LogP contribution >= 0.6 is 11.8 Å². The normalized spacial score (nSPS) is 16.8. The summed E-state index contributed by atoms with van der Waals surface area (Å²) in [5.74, 6) is 1.65. The Bertz CT molecular complexity index is 365. The summed E-state index contributed by atoms with van der Waals surface area (Å²) in [4.78, 5) is 0. The van der Waals surface area contributed by atoms with Crippen LogP contribution in [0.2, 0.25) is 0 Å². The topological polar surface area (TPSA) is 12.0 Å². The molecule has 1 fully saturated rings. The molecule has 18 heavy (non-hydrogen) atoms. The van der Waals surface area contributed by atoms with E-state index in [0.29, 0.717) is 5.92 Å². The van der Waals surface area contributed by atoms with E-state index >= 15 is 0 Å². The Morgan fingerprint density at radius 2 is 2.17 bits per heavy atom. The molecule has 1 aliphatic rings. The third-order valence-electron chi connectivity index (χ3n) is 3.47.